The van der Waals surface area contributed by atoms with Gasteiger partial charge in [-0.05, 0) is 42.7 Å². The highest BCUT2D eigenvalue weighted by atomic mass is 19.4. The average molecular weight is 472 g/mol. The number of benzene rings is 1. The molecule has 34 heavy (non-hydrogen) atoms. The summed E-state index contributed by atoms with van der Waals surface area (Å²) in [6.07, 6.45) is 1.85. The van der Waals surface area contributed by atoms with E-state index < -0.39 is 6.36 Å². The first kappa shape index (κ1) is 23.3. The molecule has 3 heterocycles. The summed E-state index contributed by atoms with van der Waals surface area (Å²) in [5.41, 5.74) is 1.62. The van der Waals surface area contributed by atoms with E-state index in [9.17, 15) is 18.0 Å². The number of hydrogen-bond donors (Lipinski definition) is 2. The quantitative estimate of drug-likeness (QED) is 0.536. The van der Waals surface area contributed by atoms with Gasteiger partial charge >= 0.3 is 6.36 Å². The zero-order chi connectivity index (χ0) is 24.0. The minimum atomic E-state index is -4.73. The number of alkyl halides is 3. The fraction of sp³-hybridized carbons (Fsp3) is 0.304. The third kappa shape index (κ3) is 6.56. The molecule has 0 bridgehead atoms. The SMILES string of the molecule is O=C(NCc1ccc(OC(F)(F)F)cc1)[C@H]1CCCN(c2ccnc(Nc3ncccn3)c2)C1. The van der Waals surface area contributed by atoms with E-state index in [4.69, 9.17) is 0 Å². The number of nitrogens with zero attached hydrogens (tertiary/aromatic N) is 4. The normalized spacial score (nSPS) is 16.1. The van der Waals surface area contributed by atoms with E-state index in [0.717, 1.165) is 25.1 Å². The fourth-order valence-electron chi connectivity index (χ4n) is 3.73. The first-order chi connectivity index (χ1) is 16.4. The van der Waals surface area contributed by atoms with Crippen LogP contribution in [0.5, 0.6) is 5.75 Å². The zero-order valence-electron chi connectivity index (χ0n) is 18.1. The molecule has 1 aromatic carbocycles. The van der Waals surface area contributed by atoms with Crippen molar-refractivity contribution < 1.29 is 22.7 Å². The van der Waals surface area contributed by atoms with E-state index in [1.807, 2.05) is 12.1 Å². The summed E-state index contributed by atoms with van der Waals surface area (Å²) in [5, 5.41) is 5.94. The van der Waals surface area contributed by atoms with Crippen LogP contribution in [0.15, 0.2) is 61.1 Å². The smallest absolute Gasteiger partial charge is 0.406 e. The van der Waals surface area contributed by atoms with Crippen molar-refractivity contribution in [1.29, 1.82) is 0 Å². The summed E-state index contributed by atoms with van der Waals surface area (Å²) >= 11 is 0. The molecular formula is C23H23F3N6O2. The van der Waals surface area contributed by atoms with E-state index in [1.165, 1.54) is 24.3 Å². The highest BCUT2D eigenvalue weighted by Gasteiger charge is 2.31. The van der Waals surface area contributed by atoms with Gasteiger partial charge in [-0.1, -0.05) is 12.1 Å². The summed E-state index contributed by atoms with van der Waals surface area (Å²) in [6, 6.07) is 11.0. The number of hydrogen-bond acceptors (Lipinski definition) is 7. The third-order valence-corrected chi connectivity index (χ3v) is 5.33. The molecule has 1 amide bonds. The summed E-state index contributed by atoms with van der Waals surface area (Å²) in [4.78, 5) is 27.5. The molecule has 2 aromatic heterocycles. The number of nitrogens with one attached hydrogen (secondary N) is 2. The Bertz CT molecular complexity index is 1100. The molecule has 178 valence electrons. The highest BCUT2D eigenvalue weighted by molar-refractivity contribution is 5.79. The number of halogens is 3. The number of anilines is 3. The minimum absolute atomic E-state index is 0.0922. The maximum atomic E-state index is 12.8. The molecule has 1 aliphatic rings. The predicted octanol–water partition coefficient (Wildman–Crippen LogP) is 4.05. The maximum absolute atomic E-state index is 12.8. The maximum Gasteiger partial charge on any atom is 0.573 e. The molecule has 0 radical (unpaired) electrons. The van der Waals surface area contributed by atoms with Gasteiger partial charge in [-0.2, -0.15) is 0 Å². The number of piperidine rings is 1. The molecule has 1 atom stereocenters. The second-order valence-corrected chi connectivity index (χ2v) is 7.79. The van der Waals surface area contributed by atoms with Crippen molar-refractivity contribution >= 4 is 23.4 Å². The zero-order valence-corrected chi connectivity index (χ0v) is 18.1. The van der Waals surface area contributed by atoms with Crippen LogP contribution < -0.4 is 20.3 Å². The Hall–Kier alpha value is -3.89. The number of rotatable bonds is 7. The van der Waals surface area contributed by atoms with Crippen molar-refractivity contribution in [3.05, 3.63) is 66.6 Å². The number of carbonyl (C=O) groups excluding carboxylic acids is 1. The van der Waals surface area contributed by atoms with Crippen LogP contribution in [0, 0.1) is 5.92 Å². The summed E-state index contributed by atoms with van der Waals surface area (Å²) in [7, 11) is 0. The molecule has 0 spiro atoms. The molecule has 0 aliphatic carbocycles. The van der Waals surface area contributed by atoms with Crippen molar-refractivity contribution in [3.63, 3.8) is 0 Å². The van der Waals surface area contributed by atoms with Crippen LogP contribution in [0.25, 0.3) is 0 Å². The number of aromatic nitrogens is 3. The van der Waals surface area contributed by atoms with E-state index in [0.29, 0.717) is 23.9 Å². The number of carbonyl (C=O) groups is 1. The van der Waals surface area contributed by atoms with E-state index in [2.05, 4.69) is 35.2 Å². The summed E-state index contributed by atoms with van der Waals surface area (Å²) in [5.74, 6) is 0.457. The molecule has 1 fully saturated rings. The minimum Gasteiger partial charge on any atom is -0.406 e. The summed E-state index contributed by atoms with van der Waals surface area (Å²) in [6.45, 7) is 1.59. The highest BCUT2D eigenvalue weighted by Crippen LogP contribution is 2.26. The van der Waals surface area contributed by atoms with Gasteiger partial charge in [0, 0.05) is 50.0 Å². The Morgan fingerprint density at radius 1 is 1.09 bits per heavy atom. The van der Waals surface area contributed by atoms with Crippen LogP contribution in [0.3, 0.4) is 0 Å². The van der Waals surface area contributed by atoms with Crippen LogP contribution in [0.1, 0.15) is 18.4 Å². The number of ether oxygens (including phenoxy) is 1. The standard InChI is InChI=1S/C23H23F3N6O2/c24-23(25,26)34-19-6-4-16(5-7-19)14-30-21(33)17-3-1-12-32(15-17)18-8-11-27-20(13-18)31-22-28-9-2-10-29-22/h2,4-11,13,17H,1,3,12,14-15H2,(H,30,33)(H,27,28,29,31)/t17-/m0/s1. The van der Waals surface area contributed by atoms with Gasteiger partial charge in [0.15, 0.2) is 0 Å². The lowest BCUT2D eigenvalue weighted by Crippen LogP contribution is -2.43. The lowest BCUT2D eigenvalue weighted by Gasteiger charge is -2.33. The largest absolute Gasteiger partial charge is 0.573 e. The van der Waals surface area contributed by atoms with Crippen molar-refractivity contribution in [1.82, 2.24) is 20.3 Å². The monoisotopic (exact) mass is 472 g/mol. The molecule has 1 saturated heterocycles. The second kappa shape index (κ2) is 10.4. The van der Waals surface area contributed by atoms with Crippen LogP contribution in [0.4, 0.5) is 30.6 Å². The first-order valence-corrected chi connectivity index (χ1v) is 10.7. The van der Waals surface area contributed by atoms with E-state index in [1.54, 1.807) is 24.7 Å². The average Bonchev–Trinajstić information content (AvgIpc) is 2.83. The lowest BCUT2D eigenvalue weighted by atomic mass is 9.96. The Labute approximate surface area is 194 Å². The Kier molecular flexibility index (Phi) is 7.09. The second-order valence-electron chi connectivity index (χ2n) is 7.79. The Morgan fingerprint density at radius 3 is 2.59 bits per heavy atom. The van der Waals surface area contributed by atoms with Gasteiger partial charge < -0.3 is 20.3 Å². The van der Waals surface area contributed by atoms with Crippen LogP contribution >= 0.6 is 0 Å². The van der Waals surface area contributed by atoms with Crippen molar-refractivity contribution in [3.8, 4) is 5.75 Å². The van der Waals surface area contributed by atoms with Crippen molar-refractivity contribution in [2.24, 2.45) is 5.92 Å². The molecule has 4 rings (SSSR count). The fourth-order valence-corrected chi connectivity index (χ4v) is 3.73. The van der Waals surface area contributed by atoms with Gasteiger partial charge in [-0.3, -0.25) is 4.79 Å². The van der Waals surface area contributed by atoms with Gasteiger partial charge in [0.2, 0.25) is 11.9 Å². The van der Waals surface area contributed by atoms with Crippen molar-refractivity contribution in [2.45, 2.75) is 25.7 Å². The molecule has 0 unspecified atom stereocenters. The van der Waals surface area contributed by atoms with Gasteiger partial charge in [-0.25, -0.2) is 15.0 Å². The van der Waals surface area contributed by atoms with Crippen LogP contribution in [-0.2, 0) is 11.3 Å². The Balaban J connectivity index is 1.32. The van der Waals surface area contributed by atoms with Crippen LogP contribution in [-0.4, -0.2) is 40.3 Å². The molecule has 2 N–H and O–H groups in total. The van der Waals surface area contributed by atoms with Gasteiger partial charge in [0.05, 0.1) is 5.92 Å². The number of pyridine rings is 1. The first-order valence-electron chi connectivity index (χ1n) is 10.7. The van der Waals surface area contributed by atoms with Crippen molar-refractivity contribution in [2.75, 3.05) is 23.3 Å². The van der Waals surface area contributed by atoms with Crippen LogP contribution in [0.2, 0.25) is 0 Å². The number of amides is 1. The molecule has 11 heteroatoms. The topological polar surface area (TPSA) is 92.3 Å². The lowest BCUT2D eigenvalue weighted by molar-refractivity contribution is -0.274. The van der Waals surface area contributed by atoms with Gasteiger partial charge in [0.1, 0.15) is 11.6 Å². The molecular weight excluding hydrogens is 449 g/mol. The van der Waals surface area contributed by atoms with E-state index >= 15 is 0 Å². The molecule has 8 nitrogen and oxygen atoms in total. The van der Waals surface area contributed by atoms with Gasteiger partial charge in [-0.15, -0.1) is 13.2 Å². The molecule has 3 aromatic rings. The molecule has 0 saturated carbocycles. The molecule has 1 aliphatic heterocycles. The predicted molar refractivity (Wildman–Crippen MR) is 119 cm³/mol. The van der Waals surface area contributed by atoms with Gasteiger partial charge in [0.25, 0.3) is 0 Å². The summed E-state index contributed by atoms with van der Waals surface area (Å²) < 4.78 is 40.7. The third-order valence-electron chi connectivity index (χ3n) is 5.33. The Morgan fingerprint density at radius 2 is 1.85 bits per heavy atom. The van der Waals surface area contributed by atoms with E-state index in [-0.39, 0.29) is 24.1 Å².